The van der Waals surface area contributed by atoms with E-state index in [4.69, 9.17) is 9.52 Å². The molecular formula is C17H18FNO4. The number of carbonyl (C=O) groups is 2. The van der Waals surface area contributed by atoms with Gasteiger partial charge >= 0.3 is 5.97 Å². The van der Waals surface area contributed by atoms with E-state index in [1.165, 1.54) is 19.1 Å². The van der Waals surface area contributed by atoms with Gasteiger partial charge in [-0.05, 0) is 32.9 Å². The van der Waals surface area contributed by atoms with Gasteiger partial charge in [0.05, 0.1) is 12.0 Å². The van der Waals surface area contributed by atoms with Gasteiger partial charge in [-0.1, -0.05) is 18.2 Å². The number of benzene rings is 1. The monoisotopic (exact) mass is 319 g/mol. The number of hydrogen-bond donors (Lipinski definition) is 2. The number of amides is 1. The molecule has 0 fully saturated rings. The first-order valence-corrected chi connectivity index (χ1v) is 7.09. The summed E-state index contributed by atoms with van der Waals surface area (Å²) in [7, 11) is 0. The van der Waals surface area contributed by atoms with E-state index in [1.807, 2.05) is 0 Å². The topological polar surface area (TPSA) is 79.5 Å². The van der Waals surface area contributed by atoms with E-state index in [-0.39, 0.29) is 23.8 Å². The third-order valence-corrected chi connectivity index (χ3v) is 3.74. The maximum atomic E-state index is 13.9. The summed E-state index contributed by atoms with van der Waals surface area (Å²) in [6.07, 6.45) is 0. The van der Waals surface area contributed by atoms with Crippen LogP contribution in [-0.4, -0.2) is 17.0 Å². The van der Waals surface area contributed by atoms with Crippen LogP contribution in [0.3, 0.4) is 0 Å². The number of aryl methyl sites for hydroxylation is 1. The van der Waals surface area contributed by atoms with Gasteiger partial charge in [0.2, 0.25) is 5.91 Å². The number of carboxylic acid groups (broad SMARTS) is 1. The van der Waals surface area contributed by atoms with Gasteiger partial charge in [-0.3, -0.25) is 4.79 Å². The Morgan fingerprint density at radius 2 is 1.96 bits per heavy atom. The number of nitrogens with one attached hydrogen (secondary N) is 1. The van der Waals surface area contributed by atoms with Crippen LogP contribution >= 0.6 is 0 Å². The van der Waals surface area contributed by atoms with E-state index in [0.29, 0.717) is 11.3 Å². The fraction of sp³-hybridized carbons (Fsp3) is 0.294. The lowest BCUT2D eigenvalue weighted by atomic mass is 9.83. The molecule has 0 atom stereocenters. The zero-order chi connectivity index (χ0) is 17.2. The first-order valence-electron chi connectivity index (χ1n) is 7.09. The summed E-state index contributed by atoms with van der Waals surface area (Å²) in [4.78, 5) is 23.3. The highest BCUT2D eigenvalue weighted by molar-refractivity contribution is 5.89. The quantitative estimate of drug-likeness (QED) is 0.888. The minimum absolute atomic E-state index is 0.0326. The molecule has 0 aliphatic rings. The van der Waals surface area contributed by atoms with Crippen LogP contribution in [-0.2, 0) is 16.8 Å². The average molecular weight is 319 g/mol. The first kappa shape index (κ1) is 16.7. The van der Waals surface area contributed by atoms with Gasteiger partial charge in [0, 0.05) is 5.56 Å². The van der Waals surface area contributed by atoms with E-state index in [9.17, 15) is 14.0 Å². The summed E-state index contributed by atoms with van der Waals surface area (Å²) in [5.74, 6) is -1.31. The van der Waals surface area contributed by atoms with Crippen LogP contribution < -0.4 is 5.32 Å². The van der Waals surface area contributed by atoms with E-state index in [2.05, 4.69) is 5.32 Å². The number of aromatic carboxylic acids is 1. The molecule has 5 nitrogen and oxygen atoms in total. The number of hydrogen-bond acceptors (Lipinski definition) is 3. The third-order valence-electron chi connectivity index (χ3n) is 3.74. The molecule has 0 aliphatic heterocycles. The molecule has 0 saturated heterocycles. The van der Waals surface area contributed by atoms with Crippen molar-refractivity contribution in [3.05, 3.63) is 58.8 Å². The number of carbonyl (C=O) groups excluding carboxylic acids is 1. The van der Waals surface area contributed by atoms with Gasteiger partial charge in [0.25, 0.3) is 0 Å². The Labute approximate surface area is 133 Å². The number of rotatable bonds is 5. The Bertz CT molecular complexity index is 749. The van der Waals surface area contributed by atoms with Crippen molar-refractivity contribution in [3.63, 3.8) is 0 Å². The maximum absolute atomic E-state index is 13.9. The molecule has 0 unspecified atom stereocenters. The largest absolute Gasteiger partial charge is 0.478 e. The molecule has 0 bridgehead atoms. The lowest BCUT2D eigenvalue weighted by molar-refractivity contribution is -0.126. The summed E-state index contributed by atoms with van der Waals surface area (Å²) in [5, 5.41) is 11.6. The van der Waals surface area contributed by atoms with Gasteiger partial charge in [-0.2, -0.15) is 0 Å². The van der Waals surface area contributed by atoms with Crippen molar-refractivity contribution in [2.75, 3.05) is 0 Å². The molecule has 1 aromatic carbocycles. The van der Waals surface area contributed by atoms with Crippen LogP contribution in [0, 0.1) is 12.7 Å². The fourth-order valence-electron chi connectivity index (χ4n) is 2.32. The van der Waals surface area contributed by atoms with E-state index in [0.717, 1.165) is 0 Å². The van der Waals surface area contributed by atoms with Gasteiger partial charge in [0.15, 0.2) is 0 Å². The zero-order valence-electron chi connectivity index (χ0n) is 13.1. The van der Waals surface area contributed by atoms with E-state index in [1.54, 1.807) is 32.0 Å². The van der Waals surface area contributed by atoms with Crippen LogP contribution in [0.2, 0.25) is 0 Å². The van der Waals surface area contributed by atoms with Crippen molar-refractivity contribution in [1.82, 2.24) is 5.32 Å². The summed E-state index contributed by atoms with van der Waals surface area (Å²) < 4.78 is 19.2. The Balaban J connectivity index is 2.11. The highest BCUT2D eigenvalue weighted by atomic mass is 19.1. The van der Waals surface area contributed by atoms with Crippen LogP contribution in [0.5, 0.6) is 0 Å². The summed E-state index contributed by atoms with van der Waals surface area (Å²) >= 11 is 0. The SMILES string of the molecule is Cc1oc(CNC(=O)C(C)(C)c2ccccc2F)cc1C(=O)O. The predicted molar refractivity (Wildman–Crippen MR) is 81.7 cm³/mol. The fourth-order valence-corrected chi connectivity index (χ4v) is 2.32. The van der Waals surface area contributed by atoms with Crippen LogP contribution in [0.15, 0.2) is 34.7 Å². The molecule has 2 rings (SSSR count). The number of carboxylic acids is 1. The highest BCUT2D eigenvalue weighted by Crippen LogP contribution is 2.26. The average Bonchev–Trinajstić information content (AvgIpc) is 2.86. The molecule has 0 spiro atoms. The summed E-state index contributed by atoms with van der Waals surface area (Å²) in [6.45, 7) is 4.82. The molecule has 6 heteroatoms. The maximum Gasteiger partial charge on any atom is 0.339 e. The van der Waals surface area contributed by atoms with Crippen LogP contribution in [0.4, 0.5) is 4.39 Å². The standard InChI is InChI=1S/C17H18FNO4/c1-10-12(15(20)21)8-11(23-10)9-19-16(22)17(2,3)13-6-4-5-7-14(13)18/h4-8H,9H2,1-3H3,(H,19,22)(H,20,21). The molecular weight excluding hydrogens is 301 g/mol. The van der Waals surface area contributed by atoms with Gasteiger partial charge < -0.3 is 14.8 Å². The van der Waals surface area contributed by atoms with Crippen LogP contribution in [0.25, 0.3) is 0 Å². The van der Waals surface area contributed by atoms with Crippen molar-refractivity contribution < 1.29 is 23.5 Å². The Morgan fingerprint density at radius 1 is 1.30 bits per heavy atom. The Morgan fingerprint density at radius 3 is 2.52 bits per heavy atom. The van der Waals surface area contributed by atoms with Crippen molar-refractivity contribution in [3.8, 4) is 0 Å². The lowest BCUT2D eigenvalue weighted by Gasteiger charge is -2.24. The zero-order valence-corrected chi connectivity index (χ0v) is 13.1. The predicted octanol–water partition coefficient (Wildman–Crippen LogP) is 3.02. The highest BCUT2D eigenvalue weighted by Gasteiger charge is 2.32. The second-order valence-electron chi connectivity index (χ2n) is 5.78. The normalized spacial score (nSPS) is 11.3. The second kappa shape index (κ2) is 6.24. The molecule has 0 saturated carbocycles. The van der Waals surface area contributed by atoms with Gasteiger partial charge in [-0.25, -0.2) is 9.18 Å². The molecule has 1 amide bonds. The lowest BCUT2D eigenvalue weighted by Crippen LogP contribution is -2.40. The van der Waals surface area contributed by atoms with Crippen molar-refractivity contribution in [1.29, 1.82) is 0 Å². The molecule has 0 radical (unpaired) electrons. The third kappa shape index (κ3) is 3.41. The Kier molecular flexibility index (Phi) is 4.54. The molecule has 1 heterocycles. The molecule has 0 aliphatic carbocycles. The summed E-state index contributed by atoms with van der Waals surface area (Å²) in [6, 6.07) is 7.47. The summed E-state index contributed by atoms with van der Waals surface area (Å²) in [5.41, 5.74) is -0.718. The molecule has 122 valence electrons. The van der Waals surface area contributed by atoms with Gasteiger partial charge in [-0.15, -0.1) is 0 Å². The number of furan rings is 1. The van der Waals surface area contributed by atoms with Crippen molar-refractivity contribution in [2.45, 2.75) is 32.7 Å². The molecule has 1 aromatic heterocycles. The smallest absolute Gasteiger partial charge is 0.339 e. The van der Waals surface area contributed by atoms with Gasteiger partial charge in [0.1, 0.15) is 22.9 Å². The Hall–Kier alpha value is -2.63. The second-order valence-corrected chi connectivity index (χ2v) is 5.78. The van der Waals surface area contributed by atoms with Crippen molar-refractivity contribution in [2.24, 2.45) is 0 Å². The van der Waals surface area contributed by atoms with E-state index >= 15 is 0 Å². The molecule has 2 N–H and O–H groups in total. The molecule has 2 aromatic rings. The minimum Gasteiger partial charge on any atom is -0.478 e. The van der Waals surface area contributed by atoms with Crippen LogP contribution in [0.1, 0.15) is 41.3 Å². The first-order chi connectivity index (χ1) is 10.7. The number of halogens is 1. The minimum atomic E-state index is -1.09. The van der Waals surface area contributed by atoms with Crippen molar-refractivity contribution >= 4 is 11.9 Å². The van der Waals surface area contributed by atoms with E-state index < -0.39 is 17.2 Å². The molecule has 23 heavy (non-hydrogen) atoms.